The van der Waals surface area contributed by atoms with E-state index in [-0.39, 0.29) is 11.1 Å². The molecule has 20 heavy (non-hydrogen) atoms. The second-order valence-corrected chi connectivity index (χ2v) is 4.98. The van der Waals surface area contributed by atoms with Gasteiger partial charge in [0.05, 0.1) is 24.1 Å². The molecule has 1 aromatic carbocycles. The summed E-state index contributed by atoms with van der Waals surface area (Å²) < 4.78 is 8.08. The molecule has 0 fully saturated rings. The number of fused-ring (bicyclic) bond motifs is 2. The first-order valence-corrected chi connectivity index (χ1v) is 6.66. The molecule has 0 amide bonds. The molecule has 0 bridgehead atoms. The molecule has 0 aliphatic carbocycles. The van der Waals surface area contributed by atoms with Gasteiger partial charge in [-0.05, 0) is 18.6 Å². The van der Waals surface area contributed by atoms with Gasteiger partial charge in [0.15, 0.2) is 0 Å². The van der Waals surface area contributed by atoms with Crippen molar-refractivity contribution in [3.8, 4) is 0 Å². The lowest BCUT2D eigenvalue weighted by Gasteiger charge is -2.11. The van der Waals surface area contributed by atoms with E-state index in [0.717, 1.165) is 13.0 Å². The van der Waals surface area contributed by atoms with Gasteiger partial charge in [-0.3, -0.25) is 14.5 Å². The average Bonchev–Trinajstić information content (AvgIpc) is 2.90. The molecule has 106 valence electrons. The average molecular weight is 275 g/mol. The summed E-state index contributed by atoms with van der Waals surface area (Å²) in [6.07, 6.45) is 0.882. The van der Waals surface area contributed by atoms with Gasteiger partial charge in [0, 0.05) is 20.3 Å². The van der Waals surface area contributed by atoms with Gasteiger partial charge in [-0.2, -0.15) is 0 Å². The molecule has 0 N–H and O–H groups in total. The topological polar surface area (TPSA) is 56.5 Å². The Morgan fingerprint density at radius 3 is 2.10 bits per heavy atom. The Morgan fingerprint density at radius 1 is 1.05 bits per heavy atom. The summed E-state index contributed by atoms with van der Waals surface area (Å²) in [5.41, 5.74) is -0.205. The van der Waals surface area contributed by atoms with Crippen LogP contribution in [0.5, 0.6) is 0 Å². The van der Waals surface area contributed by atoms with Gasteiger partial charge in [0.1, 0.15) is 0 Å². The second-order valence-electron chi connectivity index (χ2n) is 4.98. The van der Waals surface area contributed by atoms with Gasteiger partial charge in [-0.15, -0.1) is 0 Å². The second kappa shape index (κ2) is 5.22. The van der Waals surface area contributed by atoms with E-state index in [2.05, 4.69) is 4.90 Å². The van der Waals surface area contributed by atoms with E-state index < -0.39 is 0 Å². The van der Waals surface area contributed by atoms with Crippen molar-refractivity contribution in [3.05, 3.63) is 45.0 Å². The Kier molecular flexibility index (Phi) is 3.42. The molecule has 0 saturated heterocycles. The zero-order valence-electron chi connectivity index (χ0n) is 11.4. The highest BCUT2D eigenvalue weighted by atomic mass is 16.5. The van der Waals surface area contributed by atoms with E-state index in [1.54, 1.807) is 31.4 Å². The molecule has 0 unspecified atom stereocenters. The lowest BCUT2D eigenvalue weighted by atomic mass is 10.2. The van der Waals surface area contributed by atoms with Crippen LogP contribution in [0.3, 0.4) is 0 Å². The fourth-order valence-electron chi connectivity index (χ4n) is 2.63. The predicted molar refractivity (Wildman–Crippen MR) is 75.7 cm³/mol. The van der Waals surface area contributed by atoms with Crippen molar-refractivity contribution in [3.63, 3.8) is 0 Å². The van der Waals surface area contributed by atoms with Crippen LogP contribution in [0.25, 0.3) is 10.8 Å². The lowest BCUT2D eigenvalue weighted by molar-refractivity contribution is 0.164. The van der Waals surface area contributed by atoms with E-state index >= 15 is 0 Å². The number of methoxy groups -OCH3 is 1. The van der Waals surface area contributed by atoms with Gasteiger partial charge in [-0.25, -0.2) is 9.36 Å². The van der Waals surface area contributed by atoms with Crippen LogP contribution in [0.4, 0.5) is 0 Å². The van der Waals surface area contributed by atoms with Crippen LogP contribution < -0.4 is 11.1 Å². The summed E-state index contributed by atoms with van der Waals surface area (Å²) in [5.74, 6) is 0. The lowest BCUT2D eigenvalue weighted by Crippen LogP contribution is -2.34. The van der Waals surface area contributed by atoms with Gasteiger partial charge in [0.25, 0.3) is 11.1 Å². The SMILES string of the molecule is COCCCN1Cn2c(=O)c3ccccc3c(=O)n2C1. The first-order chi connectivity index (χ1) is 9.72. The van der Waals surface area contributed by atoms with Crippen molar-refractivity contribution < 1.29 is 4.74 Å². The Morgan fingerprint density at radius 2 is 1.60 bits per heavy atom. The van der Waals surface area contributed by atoms with Gasteiger partial charge in [0.2, 0.25) is 0 Å². The number of nitrogens with zero attached hydrogens (tertiary/aromatic N) is 3. The van der Waals surface area contributed by atoms with Crippen LogP contribution in [0.1, 0.15) is 6.42 Å². The minimum atomic E-state index is -0.102. The Balaban J connectivity index is 1.99. The molecule has 0 saturated carbocycles. The molecule has 1 aliphatic rings. The molecule has 6 nitrogen and oxygen atoms in total. The summed E-state index contributed by atoms with van der Waals surface area (Å²) in [5, 5.41) is 0.986. The van der Waals surface area contributed by atoms with E-state index in [1.807, 2.05) is 0 Å². The maximum Gasteiger partial charge on any atom is 0.274 e. The number of ether oxygens (including phenoxy) is 1. The van der Waals surface area contributed by atoms with E-state index in [9.17, 15) is 9.59 Å². The fraction of sp³-hybridized carbons (Fsp3) is 0.429. The van der Waals surface area contributed by atoms with Crippen molar-refractivity contribution in [2.75, 3.05) is 20.3 Å². The third-order valence-electron chi connectivity index (χ3n) is 3.64. The molecule has 2 heterocycles. The molecular weight excluding hydrogens is 258 g/mol. The standard InChI is InChI=1S/C14H17N3O3/c1-20-8-4-7-15-9-16-13(18)11-5-2-3-6-12(11)14(19)17(16)10-15/h2-3,5-6H,4,7-10H2,1H3. The monoisotopic (exact) mass is 275 g/mol. The van der Waals surface area contributed by atoms with Crippen LogP contribution in [-0.4, -0.2) is 34.5 Å². The van der Waals surface area contributed by atoms with Crippen LogP contribution in [0, 0.1) is 0 Å². The third-order valence-corrected chi connectivity index (χ3v) is 3.64. The minimum Gasteiger partial charge on any atom is -0.385 e. The van der Waals surface area contributed by atoms with Gasteiger partial charge < -0.3 is 4.74 Å². The highest BCUT2D eigenvalue weighted by molar-refractivity contribution is 5.80. The molecule has 3 rings (SSSR count). The zero-order chi connectivity index (χ0) is 14.1. The molecule has 1 aliphatic heterocycles. The van der Waals surface area contributed by atoms with Crippen LogP contribution >= 0.6 is 0 Å². The summed E-state index contributed by atoms with van der Waals surface area (Å²) in [7, 11) is 1.67. The quantitative estimate of drug-likeness (QED) is 0.759. The summed E-state index contributed by atoms with van der Waals surface area (Å²) in [6, 6.07) is 6.99. The molecule has 2 aromatic rings. The maximum absolute atomic E-state index is 12.4. The van der Waals surface area contributed by atoms with Gasteiger partial charge >= 0.3 is 0 Å². The van der Waals surface area contributed by atoms with Crippen LogP contribution in [0.2, 0.25) is 0 Å². The Labute approximate surface area is 115 Å². The van der Waals surface area contributed by atoms with E-state index in [4.69, 9.17) is 4.74 Å². The highest BCUT2D eigenvalue weighted by Gasteiger charge is 2.22. The highest BCUT2D eigenvalue weighted by Crippen LogP contribution is 2.09. The van der Waals surface area contributed by atoms with Crippen molar-refractivity contribution in [1.82, 2.24) is 14.3 Å². The van der Waals surface area contributed by atoms with Crippen molar-refractivity contribution in [2.45, 2.75) is 19.8 Å². The fourth-order valence-corrected chi connectivity index (χ4v) is 2.63. The molecule has 0 atom stereocenters. The predicted octanol–water partition coefficient (Wildman–Crippen LogP) is 0.430. The summed E-state index contributed by atoms with van der Waals surface area (Å²) in [4.78, 5) is 26.9. The van der Waals surface area contributed by atoms with Crippen LogP contribution in [0.15, 0.2) is 33.9 Å². The smallest absolute Gasteiger partial charge is 0.274 e. The number of rotatable bonds is 4. The molecular formula is C14H17N3O3. The zero-order valence-corrected chi connectivity index (χ0v) is 11.4. The molecule has 1 aromatic heterocycles. The largest absolute Gasteiger partial charge is 0.385 e. The molecule has 6 heteroatoms. The number of hydrogen-bond donors (Lipinski definition) is 0. The molecule has 0 radical (unpaired) electrons. The first kappa shape index (κ1) is 13.1. The number of aromatic nitrogens is 2. The van der Waals surface area contributed by atoms with E-state index in [0.29, 0.717) is 30.7 Å². The van der Waals surface area contributed by atoms with Crippen molar-refractivity contribution in [2.24, 2.45) is 0 Å². The van der Waals surface area contributed by atoms with Gasteiger partial charge in [-0.1, -0.05) is 12.1 Å². The summed E-state index contributed by atoms with van der Waals surface area (Å²) >= 11 is 0. The van der Waals surface area contributed by atoms with Crippen LogP contribution in [-0.2, 0) is 18.1 Å². The number of hydrogen-bond acceptors (Lipinski definition) is 4. The normalized spacial score (nSPS) is 14.8. The first-order valence-electron chi connectivity index (χ1n) is 6.66. The Bertz CT molecular complexity index is 689. The van der Waals surface area contributed by atoms with Crippen molar-refractivity contribution in [1.29, 1.82) is 0 Å². The van der Waals surface area contributed by atoms with E-state index in [1.165, 1.54) is 9.36 Å². The maximum atomic E-state index is 12.4. The summed E-state index contributed by atoms with van der Waals surface area (Å²) in [6.45, 7) is 2.40. The molecule has 0 spiro atoms. The number of benzene rings is 1. The van der Waals surface area contributed by atoms with Crippen molar-refractivity contribution >= 4 is 10.8 Å². The minimum absolute atomic E-state index is 0.102. The third kappa shape index (κ3) is 2.07. The Hall–Kier alpha value is -1.92.